The molecule has 2 fully saturated rings. The van der Waals surface area contributed by atoms with Gasteiger partial charge in [-0.1, -0.05) is 24.4 Å². The van der Waals surface area contributed by atoms with Crippen LogP contribution in [0.3, 0.4) is 0 Å². The normalized spacial score (nSPS) is 21.6. The fraction of sp³-hybridized carbons (Fsp3) is 0.579. The highest BCUT2D eigenvalue weighted by atomic mass is 16.5. The van der Waals surface area contributed by atoms with Crippen molar-refractivity contribution in [2.45, 2.75) is 44.9 Å². The number of nitrogens with zero attached hydrogens (tertiary/aromatic N) is 4. The zero-order valence-electron chi connectivity index (χ0n) is 14.4. The molecular weight excluding hydrogens is 316 g/mol. The van der Waals surface area contributed by atoms with Gasteiger partial charge in [-0.3, -0.25) is 9.78 Å². The second kappa shape index (κ2) is 7.33. The molecule has 1 saturated heterocycles. The number of carbonyl (C=O) groups is 1. The van der Waals surface area contributed by atoms with Gasteiger partial charge in [-0.25, -0.2) is 0 Å². The summed E-state index contributed by atoms with van der Waals surface area (Å²) in [6.07, 6.45) is 11.0. The van der Waals surface area contributed by atoms with Gasteiger partial charge in [0.15, 0.2) is 5.82 Å². The molecule has 2 aromatic rings. The average molecular weight is 340 g/mol. The third-order valence-corrected chi connectivity index (χ3v) is 5.42. The van der Waals surface area contributed by atoms with Crippen molar-refractivity contribution in [3.05, 3.63) is 30.4 Å². The molecule has 1 atom stereocenters. The minimum absolute atomic E-state index is 0.260. The summed E-state index contributed by atoms with van der Waals surface area (Å²) in [6, 6.07) is 3.72. The number of hydrogen-bond donors (Lipinski definition) is 0. The van der Waals surface area contributed by atoms with Crippen LogP contribution in [0.1, 0.15) is 44.3 Å². The van der Waals surface area contributed by atoms with E-state index >= 15 is 0 Å². The standard InChI is InChI=1S/C19H24N4O2/c24-19(16-4-2-1-3-5-16)23-11-8-14(13-23)12-17-21-18(25-22-17)15-6-9-20-10-7-15/h6-7,9-10,14,16H,1-5,8,11-13H2. The summed E-state index contributed by atoms with van der Waals surface area (Å²) in [5, 5.41) is 4.11. The second-order valence-corrected chi connectivity index (χ2v) is 7.23. The van der Waals surface area contributed by atoms with Crippen molar-refractivity contribution in [1.29, 1.82) is 0 Å². The number of pyridine rings is 1. The van der Waals surface area contributed by atoms with Crippen LogP contribution in [0, 0.1) is 11.8 Å². The van der Waals surface area contributed by atoms with Crippen molar-refractivity contribution in [2.75, 3.05) is 13.1 Å². The first-order valence-corrected chi connectivity index (χ1v) is 9.31. The molecule has 3 heterocycles. The largest absolute Gasteiger partial charge is 0.342 e. The van der Waals surface area contributed by atoms with Crippen LogP contribution in [0.25, 0.3) is 11.5 Å². The maximum atomic E-state index is 12.7. The molecule has 0 aromatic carbocycles. The van der Waals surface area contributed by atoms with Crippen molar-refractivity contribution in [1.82, 2.24) is 20.0 Å². The van der Waals surface area contributed by atoms with Crippen LogP contribution >= 0.6 is 0 Å². The number of rotatable bonds is 4. The number of aromatic nitrogens is 3. The summed E-state index contributed by atoms with van der Waals surface area (Å²) >= 11 is 0. The van der Waals surface area contributed by atoms with Gasteiger partial charge in [-0.05, 0) is 37.3 Å². The molecule has 1 unspecified atom stereocenters. The Hall–Kier alpha value is -2.24. The van der Waals surface area contributed by atoms with Gasteiger partial charge in [0.25, 0.3) is 5.89 Å². The molecule has 6 heteroatoms. The fourth-order valence-electron chi connectivity index (χ4n) is 4.01. The molecule has 25 heavy (non-hydrogen) atoms. The van der Waals surface area contributed by atoms with Crippen LogP contribution in [0.5, 0.6) is 0 Å². The molecule has 2 aliphatic rings. The minimum Gasteiger partial charge on any atom is -0.342 e. The lowest BCUT2D eigenvalue weighted by atomic mass is 9.88. The van der Waals surface area contributed by atoms with E-state index in [0.717, 1.165) is 50.2 Å². The van der Waals surface area contributed by atoms with E-state index in [0.29, 0.717) is 17.7 Å². The highest BCUT2D eigenvalue weighted by molar-refractivity contribution is 5.79. The first-order chi connectivity index (χ1) is 12.3. The number of hydrogen-bond acceptors (Lipinski definition) is 5. The van der Waals surface area contributed by atoms with Gasteiger partial charge in [-0.2, -0.15) is 4.98 Å². The third kappa shape index (κ3) is 3.72. The molecule has 0 spiro atoms. The molecule has 1 saturated carbocycles. The van der Waals surface area contributed by atoms with E-state index in [9.17, 15) is 4.79 Å². The van der Waals surface area contributed by atoms with E-state index in [1.165, 1.54) is 19.3 Å². The van der Waals surface area contributed by atoms with Gasteiger partial charge in [-0.15, -0.1) is 0 Å². The molecule has 1 aliphatic carbocycles. The van der Waals surface area contributed by atoms with Crippen LogP contribution in [0.15, 0.2) is 29.0 Å². The molecule has 0 bridgehead atoms. The van der Waals surface area contributed by atoms with E-state index in [4.69, 9.17) is 4.52 Å². The minimum atomic E-state index is 0.260. The van der Waals surface area contributed by atoms with Crippen LogP contribution in [-0.2, 0) is 11.2 Å². The fourth-order valence-corrected chi connectivity index (χ4v) is 4.01. The lowest BCUT2D eigenvalue weighted by molar-refractivity contribution is -0.135. The first-order valence-electron chi connectivity index (χ1n) is 9.31. The maximum absolute atomic E-state index is 12.7. The van der Waals surface area contributed by atoms with Crippen molar-refractivity contribution < 1.29 is 9.32 Å². The van der Waals surface area contributed by atoms with Crippen LogP contribution in [0.4, 0.5) is 0 Å². The summed E-state index contributed by atoms with van der Waals surface area (Å²) in [4.78, 5) is 23.2. The van der Waals surface area contributed by atoms with E-state index in [1.54, 1.807) is 12.4 Å². The van der Waals surface area contributed by atoms with Gasteiger partial charge in [0.05, 0.1) is 0 Å². The Labute approximate surface area is 147 Å². The predicted molar refractivity (Wildman–Crippen MR) is 92.5 cm³/mol. The Kier molecular flexibility index (Phi) is 4.76. The van der Waals surface area contributed by atoms with Gasteiger partial charge in [0, 0.05) is 43.4 Å². The number of carbonyl (C=O) groups excluding carboxylic acids is 1. The summed E-state index contributed by atoms with van der Waals surface area (Å²) in [5.41, 5.74) is 0.884. The highest BCUT2D eigenvalue weighted by Gasteiger charge is 2.32. The quantitative estimate of drug-likeness (QED) is 0.855. The Morgan fingerprint density at radius 1 is 1.16 bits per heavy atom. The van der Waals surface area contributed by atoms with E-state index in [2.05, 4.69) is 20.0 Å². The van der Waals surface area contributed by atoms with Crippen molar-refractivity contribution in [2.24, 2.45) is 11.8 Å². The molecule has 6 nitrogen and oxygen atoms in total. The van der Waals surface area contributed by atoms with Crippen LogP contribution in [-0.4, -0.2) is 39.0 Å². The Balaban J connectivity index is 1.34. The molecule has 2 aromatic heterocycles. The van der Waals surface area contributed by atoms with Crippen LogP contribution < -0.4 is 0 Å². The number of likely N-dealkylation sites (tertiary alicyclic amines) is 1. The smallest absolute Gasteiger partial charge is 0.258 e. The average Bonchev–Trinajstić information content (AvgIpc) is 3.33. The Morgan fingerprint density at radius 2 is 1.96 bits per heavy atom. The van der Waals surface area contributed by atoms with Gasteiger partial charge >= 0.3 is 0 Å². The molecule has 132 valence electrons. The highest BCUT2D eigenvalue weighted by Crippen LogP contribution is 2.29. The number of amides is 1. The SMILES string of the molecule is O=C(C1CCCCC1)N1CCC(Cc2noc(-c3ccncc3)n2)C1. The van der Waals surface area contributed by atoms with Crippen molar-refractivity contribution >= 4 is 5.91 Å². The summed E-state index contributed by atoms with van der Waals surface area (Å²) in [7, 11) is 0. The topological polar surface area (TPSA) is 72.1 Å². The van der Waals surface area contributed by atoms with E-state index < -0.39 is 0 Å². The maximum Gasteiger partial charge on any atom is 0.258 e. The monoisotopic (exact) mass is 340 g/mol. The second-order valence-electron chi connectivity index (χ2n) is 7.23. The summed E-state index contributed by atoms with van der Waals surface area (Å²) in [5.74, 6) is 2.31. The van der Waals surface area contributed by atoms with Crippen molar-refractivity contribution in [3.8, 4) is 11.5 Å². The molecule has 0 radical (unpaired) electrons. The van der Waals surface area contributed by atoms with Gasteiger partial charge < -0.3 is 9.42 Å². The third-order valence-electron chi connectivity index (χ3n) is 5.42. The molecule has 4 rings (SSSR count). The summed E-state index contributed by atoms with van der Waals surface area (Å²) < 4.78 is 5.36. The lowest BCUT2D eigenvalue weighted by Gasteiger charge is -2.26. The zero-order chi connectivity index (χ0) is 17.1. The molecule has 0 N–H and O–H groups in total. The van der Waals surface area contributed by atoms with Crippen LogP contribution in [0.2, 0.25) is 0 Å². The van der Waals surface area contributed by atoms with Gasteiger partial charge in [0.2, 0.25) is 5.91 Å². The zero-order valence-corrected chi connectivity index (χ0v) is 14.4. The Bertz CT molecular complexity index is 709. The van der Waals surface area contributed by atoms with Crippen molar-refractivity contribution in [3.63, 3.8) is 0 Å². The van der Waals surface area contributed by atoms with Gasteiger partial charge in [0.1, 0.15) is 0 Å². The van der Waals surface area contributed by atoms with E-state index in [-0.39, 0.29) is 5.92 Å². The lowest BCUT2D eigenvalue weighted by Crippen LogP contribution is -2.35. The molecule has 1 amide bonds. The summed E-state index contributed by atoms with van der Waals surface area (Å²) in [6.45, 7) is 1.70. The first kappa shape index (κ1) is 16.2. The molecule has 1 aliphatic heterocycles. The Morgan fingerprint density at radius 3 is 2.76 bits per heavy atom. The van der Waals surface area contributed by atoms with E-state index in [1.807, 2.05) is 12.1 Å². The molecular formula is C19H24N4O2. The predicted octanol–water partition coefficient (Wildman–Crippen LogP) is 3.10.